The zero-order chi connectivity index (χ0) is 11.5. The van der Waals surface area contributed by atoms with Crippen LogP contribution >= 0.6 is 0 Å². The minimum atomic E-state index is -0.780. The molecule has 4 heteroatoms. The number of hydrogen-bond donors (Lipinski definition) is 2. The first-order valence-electron chi connectivity index (χ1n) is 4.91. The van der Waals surface area contributed by atoms with Gasteiger partial charge in [0.05, 0.1) is 6.42 Å². The third kappa shape index (κ3) is 4.06. The van der Waals surface area contributed by atoms with Crippen molar-refractivity contribution < 1.29 is 14.3 Å². The average Bonchev–Trinajstić information content (AvgIpc) is 2.46. The van der Waals surface area contributed by atoms with Crippen LogP contribution in [0.25, 0.3) is 0 Å². The number of carbonyl (C=O) groups is 1. The van der Waals surface area contributed by atoms with Gasteiger partial charge in [-0.3, -0.25) is 4.79 Å². The lowest BCUT2D eigenvalue weighted by molar-refractivity contribution is -0.139. The van der Waals surface area contributed by atoms with Crippen LogP contribution in [-0.4, -0.2) is 17.6 Å². The Morgan fingerprint density at radius 3 is 2.67 bits per heavy atom. The summed E-state index contributed by atoms with van der Waals surface area (Å²) in [7, 11) is 0. The fraction of sp³-hybridized carbons (Fsp3) is 0.545. The molecule has 0 atom stereocenters. The number of anilines is 1. The monoisotopic (exact) mass is 211 g/mol. The standard InChI is InChI=1S/C11H17NO3/c1-8-4-5-9(15-8)12-7-11(2,3)6-10(13)14/h4-5,12H,6-7H2,1-3H3,(H,13,14). The highest BCUT2D eigenvalue weighted by Gasteiger charge is 2.21. The van der Waals surface area contributed by atoms with Gasteiger partial charge in [-0.25, -0.2) is 0 Å². The van der Waals surface area contributed by atoms with Crippen LogP contribution in [0.2, 0.25) is 0 Å². The second-order valence-corrected chi connectivity index (χ2v) is 4.50. The zero-order valence-corrected chi connectivity index (χ0v) is 9.33. The van der Waals surface area contributed by atoms with E-state index in [-0.39, 0.29) is 11.8 Å². The molecule has 0 aliphatic carbocycles. The Balaban J connectivity index is 2.45. The summed E-state index contributed by atoms with van der Waals surface area (Å²) < 4.78 is 5.33. The molecule has 2 N–H and O–H groups in total. The largest absolute Gasteiger partial charge is 0.481 e. The van der Waals surface area contributed by atoms with Gasteiger partial charge >= 0.3 is 5.97 Å². The maximum atomic E-state index is 10.6. The van der Waals surface area contributed by atoms with Crippen molar-refractivity contribution >= 4 is 11.9 Å². The van der Waals surface area contributed by atoms with Crippen LogP contribution in [0.3, 0.4) is 0 Å². The Labute approximate surface area is 89.3 Å². The SMILES string of the molecule is Cc1ccc(NCC(C)(C)CC(=O)O)o1. The van der Waals surface area contributed by atoms with Gasteiger partial charge < -0.3 is 14.8 Å². The van der Waals surface area contributed by atoms with E-state index in [1.54, 1.807) is 0 Å². The molecule has 0 spiro atoms. The number of aryl methyl sites for hydroxylation is 1. The molecule has 4 nitrogen and oxygen atoms in total. The van der Waals surface area contributed by atoms with Crippen LogP contribution in [0.15, 0.2) is 16.5 Å². The highest BCUT2D eigenvalue weighted by atomic mass is 16.4. The first-order chi connectivity index (χ1) is 6.89. The van der Waals surface area contributed by atoms with Gasteiger partial charge in [-0.2, -0.15) is 0 Å². The minimum Gasteiger partial charge on any atom is -0.481 e. The zero-order valence-electron chi connectivity index (χ0n) is 9.33. The molecule has 0 amide bonds. The molecule has 0 unspecified atom stereocenters. The number of nitrogens with one attached hydrogen (secondary N) is 1. The van der Waals surface area contributed by atoms with Gasteiger partial charge in [0.1, 0.15) is 5.76 Å². The third-order valence-electron chi connectivity index (χ3n) is 2.11. The van der Waals surface area contributed by atoms with E-state index >= 15 is 0 Å². The van der Waals surface area contributed by atoms with E-state index in [2.05, 4.69) is 5.32 Å². The van der Waals surface area contributed by atoms with Gasteiger partial charge in [-0.05, 0) is 18.4 Å². The Kier molecular flexibility index (Phi) is 3.39. The molecular formula is C11H17NO3. The van der Waals surface area contributed by atoms with Gasteiger partial charge in [-0.1, -0.05) is 13.8 Å². The lowest BCUT2D eigenvalue weighted by atomic mass is 9.89. The van der Waals surface area contributed by atoms with E-state index in [1.807, 2.05) is 32.9 Å². The number of carboxylic acid groups (broad SMARTS) is 1. The molecule has 1 aromatic rings. The van der Waals surface area contributed by atoms with Crippen molar-refractivity contribution in [2.45, 2.75) is 27.2 Å². The van der Waals surface area contributed by atoms with Crippen LogP contribution in [0.1, 0.15) is 26.0 Å². The highest BCUT2D eigenvalue weighted by molar-refractivity contribution is 5.67. The van der Waals surface area contributed by atoms with Crippen molar-refractivity contribution in [2.24, 2.45) is 5.41 Å². The van der Waals surface area contributed by atoms with E-state index < -0.39 is 5.97 Å². The molecule has 1 rings (SSSR count). The number of rotatable bonds is 5. The van der Waals surface area contributed by atoms with Crippen LogP contribution in [0, 0.1) is 12.3 Å². The molecule has 0 saturated carbocycles. The molecule has 0 aliphatic rings. The maximum Gasteiger partial charge on any atom is 0.303 e. The van der Waals surface area contributed by atoms with Crippen LogP contribution < -0.4 is 5.32 Å². The molecule has 0 fully saturated rings. The van der Waals surface area contributed by atoms with Gasteiger partial charge in [0.15, 0.2) is 5.88 Å². The van der Waals surface area contributed by atoms with Crippen molar-refractivity contribution in [3.05, 3.63) is 17.9 Å². The first kappa shape index (κ1) is 11.6. The van der Waals surface area contributed by atoms with Crippen molar-refractivity contribution in [1.82, 2.24) is 0 Å². The normalized spacial score (nSPS) is 11.4. The molecule has 0 radical (unpaired) electrons. The van der Waals surface area contributed by atoms with Gasteiger partial charge in [-0.15, -0.1) is 0 Å². The second kappa shape index (κ2) is 4.38. The van der Waals surface area contributed by atoms with E-state index in [0.717, 1.165) is 5.76 Å². The molecule has 15 heavy (non-hydrogen) atoms. The summed E-state index contributed by atoms with van der Waals surface area (Å²) in [4.78, 5) is 10.6. The summed E-state index contributed by atoms with van der Waals surface area (Å²) in [6, 6.07) is 3.71. The minimum absolute atomic E-state index is 0.139. The molecule has 0 saturated heterocycles. The molecule has 1 aromatic heterocycles. The summed E-state index contributed by atoms with van der Waals surface area (Å²) in [5.41, 5.74) is -0.285. The smallest absolute Gasteiger partial charge is 0.303 e. The fourth-order valence-corrected chi connectivity index (χ4v) is 1.33. The Bertz CT molecular complexity index is 341. The molecular weight excluding hydrogens is 194 g/mol. The summed E-state index contributed by atoms with van der Waals surface area (Å²) in [5, 5.41) is 11.8. The van der Waals surface area contributed by atoms with Crippen molar-refractivity contribution in [2.75, 3.05) is 11.9 Å². The van der Waals surface area contributed by atoms with Gasteiger partial charge in [0.2, 0.25) is 0 Å². The quantitative estimate of drug-likeness (QED) is 0.785. The summed E-state index contributed by atoms with van der Waals surface area (Å²) in [5.74, 6) is 0.747. The predicted octanol–water partition coefficient (Wildman–Crippen LogP) is 2.50. The van der Waals surface area contributed by atoms with E-state index in [1.165, 1.54) is 0 Å². The topological polar surface area (TPSA) is 62.5 Å². The van der Waals surface area contributed by atoms with Crippen molar-refractivity contribution in [3.8, 4) is 0 Å². The molecule has 0 aliphatic heterocycles. The predicted molar refractivity (Wildman–Crippen MR) is 58.0 cm³/mol. The first-order valence-corrected chi connectivity index (χ1v) is 4.91. The number of carboxylic acids is 1. The van der Waals surface area contributed by atoms with E-state index in [0.29, 0.717) is 12.4 Å². The summed E-state index contributed by atoms with van der Waals surface area (Å²) in [6.07, 6.45) is 0.139. The fourth-order valence-electron chi connectivity index (χ4n) is 1.33. The van der Waals surface area contributed by atoms with Gasteiger partial charge in [0.25, 0.3) is 0 Å². The van der Waals surface area contributed by atoms with Crippen LogP contribution in [-0.2, 0) is 4.79 Å². The molecule has 0 aromatic carbocycles. The van der Waals surface area contributed by atoms with Crippen LogP contribution in [0.4, 0.5) is 5.88 Å². The number of hydrogen-bond acceptors (Lipinski definition) is 3. The maximum absolute atomic E-state index is 10.6. The van der Waals surface area contributed by atoms with Crippen molar-refractivity contribution in [1.29, 1.82) is 0 Å². The summed E-state index contributed by atoms with van der Waals surface area (Å²) in [6.45, 7) is 6.26. The molecule has 84 valence electrons. The number of furan rings is 1. The Morgan fingerprint density at radius 2 is 2.20 bits per heavy atom. The lowest BCUT2D eigenvalue weighted by Crippen LogP contribution is -2.25. The molecule has 1 heterocycles. The highest BCUT2D eigenvalue weighted by Crippen LogP contribution is 2.22. The van der Waals surface area contributed by atoms with Gasteiger partial charge in [0, 0.05) is 12.6 Å². The van der Waals surface area contributed by atoms with Crippen LogP contribution in [0.5, 0.6) is 0 Å². The summed E-state index contributed by atoms with van der Waals surface area (Å²) >= 11 is 0. The molecule has 0 bridgehead atoms. The van der Waals surface area contributed by atoms with E-state index in [4.69, 9.17) is 9.52 Å². The Hall–Kier alpha value is -1.45. The number of aliphatic carboxylic acids is 1. The van der Waals surface area contributed by atoms with Crippen molar-refractivity contribution in [3.63, 3.8) is 0 Å². The lowest BCUT2D eigenvalue weighted by Gasteiger charge is -2.22. The average molecular weight is 211 g/mol. The third-order valence-corrected chi connectivity index (χ3v) is 2.11. The Morgan fingerprint density at radius 1 is 1.53 bits per heavy atom. The second-order valence-electron chi connectivity index (χ2n) is 4.50. The van der Waals surface area contributed by atoms with E-state index in [9.17, 15) is 4.79 Å².